The van der Waals surface area contributed by atoms with Gasteiger partial charge >= 0.3 is 0 Å². The van der Waals surface area contributed by atoms with Crippen LogP contribution in [0.15, 0.2) is 36.4 Å². The highest BCUT2D eigenvalue weighted by atomic mass is 16.6. The Bertz CT molecular complexity index is 798. The molecular weight excluding hydrogens is 298 g/mol. The highest BCUT2D eigenvalue weighted by Crippen LogP contribution is 2.31. The van der Waals surface area contributed by atoms with Gasteiger partial charge in [0.05, 0.1) is 4.92 Å². The molecule has 0 atom stereocenters. The summed E-state index contributed by atoms with van der Waals surface area (Å²) in [6.07, 6.45) is 0. The van der Waals surface area contributed by atoms with Crippen LogP contribution in [0.5, 0.6) is 11.5 Å². The predicted molar refractivity (Wildman–Crippen MR) is 82.6 cm³/mol. The van der Waals surface area contributed by atoms with Crippen LogP contribution in [-0.2, 0) is 6.54 Å². The van der Waals surface area contributed by atoms with Crippen LogP contribution in [0.1, 0.15) is 11.1 Å². The third-order valence-corrected chi connectivity index (χ3v) is 3.42. The van der Waals surface area contributed by atoms with Crippen molar-refractivity contribution in [1.82, 2.24) is 0 Å². The maximum Gasteiger partial charge on any atom is 0.287 e. The SMILES string of the molecule is N#Cc1cc(NCc2ccc3c(c2)OCCO3)ccc1[N+](=O)[O-]. The van der Waals surface area contributed by atoms with Gasteiger partial charge in [-0.1, -0.05) is 6.07 Å². The second-order valence-electron chi connectivity index (χ2n) is 4.93. The molecule has 0 saturated heterocycles. The standard InChI is InChI=1S/C16H13N3O4/c17-9-12-8-13(2-3-14(12)19(20)21)18-10-11-1-4-15-16(7-11)23-6-5-22-15/h1-4,7-8,18H,5-6,10H2. The summed E-state index contributed by atoms with van der Waals surface area (Å²) in [5.41, 5.74) is 1.45. The van der Waals surface area contributed by atoms with Crippen LogP contribution in [0.2, 0.25) is 0 Å². The first-order chi connectivity index (χ1) is 11.2. The molecule has 1 N–H and O–H groups in total. The van der Waals surface area contributed by atoms with Gasteiger partial charge in [0.2, 0.25) is 0 Å². The van der Waals surface area contributed by atoms with Gasteiger partial charge in [-0.25, -0.2) is 0 Å². The first kappa shape index (κ1) is 14.7. The van der Waals surface area contributed by atoms with E-state index in [1.165, 1.54) is 12.1 Å². The molecule has 0 spiro atoms. The Morgan fingerprint density at radius 2 is 1.96 bits per heavy atom. The molecule has 0 bridgehead atoms. The molecule has 7 heteroatoms. The second-order valence-corrected chi connectivity index (χ2v) is 4.93. The maximum atomic E-state index is 10.8. The Labute approximate surface area is 132 Å². The van der Waals surface area contributed by atoms with Gasteiger partial charge in [0.25, 0.3) is 5.69 Å². The van der Waals surface area contributed by atoms with Crippen LogP contribution in [0, 0.1) is 21.4 Å². The predicted octanol–water partition coefficient (Wildman–Crippen LogP) is 2.85. The minimum absolute atomic E-state index is 0.0298. The maximum absolute atomic E-state index is 10.8. The topological polar surface area (TPSA) is 97.4 Å². The molecule has 0 fully saturated rings. The van der Waals surface area contributed by atoms with Gasteiger partial charge < -0.3 is 14.8 Å². The third kappa shape index (κ3) is 3.16. The van der Waals surface area contributed by atoms with Gasteiger partial charge in [-0.3, -0.25) is 10.1 Å². The number of nitro benzene ring substituents is 1. The quantitative estimate of drug-likeness (QED) is 0.688. The Morgan fingerprint density at radius 3 is 2.70 bits per heavy atom. The lowest BCUT2D eigenvalue weighted by Crippen LogP contribution is -2.15. The lowest BCUT2D eigenvalue weighted by Gasteiger charge is -2.19. The minimum atomic E-state index is -0.566. The van der Waals surface area contributed by atoms with Crippen LogP contribution in [0.4, 0.5) is 11.4 Å². The molecular formula is C16H13N3O4. The van der Waals surface area contributed by atoms with E-state index in [2.05, 4.69) is 5.32 Å². The van der Waals surface area contributed by atoms with Crippen LogP contribution in [0.25, 0.3) is 0 Å². The number of hydrogen-bond donors (Lipinski definition) is 1. The van der Waals surface area contributed by atoms with Crippen molar-refractivity contribution in [2.45, 2.75) is 6.54 Å². The van der Waals surface area contributed by atoms with E-state index in [0.717, 1.165) is 11.3 Å². The smallest absolute Gasteiger partial charge is 0.287 e. The van der Waals surface area contributed by atoms with E-state index in [1.807, 2.05) is 24.3 Å². The van der Waals surface area contributed by atoms with Crippen molar-refractivity contribution in [2.24, 2.45) is 0 Å². The van der Waals surface area contributed by atoms with E-state index in [4.69, 9.17) is 14.7 Å². The molecule has 0 unspecified atom stereocenters. The largest absolute Gasteiger partial charge is 0.486 e. The van der Waals surface area contributed by atoms with Crippen LogP contribution >= 0.6 is 0 Å². The molecule has 2 aromatic rings. The first-order valence-corrected chi connectivity index (χ1v) is 6.98. The lowest BCUT2D eigenvalue weighted by atomic mass is 10.1. The number of nitrogens with zero attached hydrogens (tertiary/aromatic N) is 2. The van der Waals surface area contributed by atoms with Crippen LogP contribution in [-0.4, -0.2) is 18.1 Å². The molecule has 2 aromatic carbocycles. The number of ether oxygens (including phenoxy) is 2. The Hall–Kier alpha value is -3.27. The number of benzene rings is 2. The van der Waals surface area contributed by atoms with Crippen molar-refractivity contribution in [3.8, 4) is 17.6 Å². The molecule has 3 rings (SSSR count). The van der Waals surface area contributed by atoms with Gasteiger partial charge in [0, 0.05) is 18.3 Å². The number of nitro groups is 1. The Balaban J connectivity index is 1.73. The molecule has 0 saturated carbocycles. The monoisotopic (exact) mass is 311 g/mol. The van der Waals surface area contributed by atoms with Crippen LogP contribution < -0.4 is 14.8 Å². The fourth-order valence-electron chi connectivity index (χ4n) is 2.30. The van der Waals surface area contributed by atoms with E-state index < -0.39 is 4.92 Å². The van der Waals surface area contributed by atoms with Crippen molar-refractivity contribution < 1.29 is 14.4 Å². The normalized spacial score (nSPS) is 12.3. The lowest BCUT2D eigenvalue weighted by molar-refractivity contribution is -0.385. The number of fused-ring (bicyclic) bond motifs is 1. The second kappa shape index (κ2) is 6.23. The zero-order chi connectivity index (χ0) is 16.2. The number of anilines is 1. The molecule has 23 heavy (non-hydrogen) atoms. The number of nitriles is 1. The zero-order valence-electron chi connectivity index (χ0n) is 12.1. The fourth-order valence-corrected chi connectivity index (χ4v) is 2.30. The summed E-state index contributed by atoms with van der Waals surface area (Å²) in [6.45, 7) is 1.57. The van der Waals surface area contributed by atoms with Gasteiger partial charge in [-0.15, -0.1) is 0 Å². The van der Waals surface area contributed by atoms with Crippen molar-refractivity contribution >= 4 is 11.4 Å². The van der Waals surface area contributed by atoms with E-state index >= 15 is 0 Å². The zero-order valence-corrected chi connectivity index (χ0v) is 12.1. The molecule has 7 nitrogen and oxygen atoms in total. The summed E-state index contributed by atoms with van der Waals surface area (Å²) in [5, 5.41) is 23.0. The van der Waals surface area contributed by atoms with E-state index in [1.54, 1.807) is 6.07 Å². The highest BCUT2D eigenvalue weighted by Gasteiger charge is 2.14. The fraction of sp³-hybridized carbons (Fsp3) is 0.188. The number of nitrogens with one attached hydrogen (secondary N) is 1. The number of hydrogen-bond acceptors (Lipinski definition) is 6. The summed E-state index contributed by atoms with van der Waals surface area (Å²) in [6, 6.07) is 11.9. The first-order valence-electron chi connectivity index (χ1n) is 6.98. The van der Waals surface area contributed by atoms with Crippen LogP contribution in [0.3, 0.4) is 0 Å². The number of rotatable bonds is 4. The molecule has 116 valence electrons. The van der Waals surface area contributed by atoms with Crippen molar-refractivity contribution in [3.63, 3.8) is 0 Å². The van der Waals surface area contributed by atoms with Gasteiger partial charge in [0.15, 0.2) is 11.5 Å². The van der Waals surface area contributed by atoms with Gasteiger partial charge in [-0.05, 0) is 29.8 Å². The highest BCUT2D eigenvalue weighted by molar-refractivity contribution is 5.59. The minimum Gasteiger partial charge on any atom is -0.486 e. The van der Waals surface area contributed by atoms with Crippen molar-refractivity contribution in [3.05, 3.63) is 57.6 Å². The molecule has 0 amide bonds. The molecule has 1 aliphatic heterocycles. The average Bonchev–Trinajstić information content (AvgIpc) is 2.59. The summed E-state index contributed by atoms with van der Waals surface area (Å²) < 4.78 is 11.0. The summed E-state index contributed by atoms with van der Waals surface area (Å²) >= 11 is 0. The summed E-state index contributed by atoms with van der Waals surface area (Å²) in [5.74, 6) is 1.43. The summed E-state index contributed by atoms with van der Waals surface area (Å²) in [4.78, 5) is 10.2. The van der Waals surface area contributed by atoms with Crippen molar-refractivity contribution in [1.29, 1.82) is 5.26 Å². The summed E-state index contributed by atoms with van der Waals surface area (Å²) in [7, 11) is 0. The van der Waals surface area contributed by atoms with Gasteiger partial charge in [-0.2, -0.15) is 5.26 Å². The van der Waals surface area contributed by atoms with E-state index in [9.17, 15) is 10.1 Å². The van der Waals surface area contributed by atoms with Gasteiger partial charge in [0.1, 0.15) is 24.8 Å². The third-order valence-electron chi connectivity index (χ3n) is 3.42. The molecule has 0 aromatic heterocycles. The molecule has 1 aliphatic rings. The molecule has 0 aliphatic carbocycles. The van der Waals surface area contributed by atoms with Crippen molar-refractivity contribution in [2.75, 3.05) is 18.5 Å². The Morgan fingerprint density at radius 1 is 1.17 bits per heavy atom. The Kier molecular flexibility index (Phi) is 3.97. The molecule has 1 heterocycles. The van der Waals surface area contributed by atoms with E-state index in [-0.39, 0.29) is 11.3 Å². The molecule has 0 radical (unpaired) electrons. The van der Waals surface area contributed by atoms with E-state index in [0.29, 0.717) is 31.2 Å². The average molecular weight is 311 g/mol.